The van der Waals surface area contributed by atoms with Gasteiger partial charge in [0.15, 0.2) is 0 Å². The molecule has 0 saturated heterocycles. The number of pyridine rings is 1. The number of hydrogen-bond acceptors (Lipinski definition) is 8. The van der Waals surface area contributed by atoms with Crippen LogP contribution >= 0.6 is 0 Å². The van der Waals surface area contributed by atoms with Crippen molar-refractivity contribution in [2.75, 3.05) is 42.8 Å². The van der Waals surface area contributed by atoms with E-state index in [0.29, 0.717) is 53.6 Å². The molecule has 220 valence electrons. The molecule has 2 aliphatic carbocycles. The molecule has 4 heterocycles. The van der Waals surface area contributed by atoms with Gasteiger partial charge in [-0.2, -0.15) is 10.1 Å². The number of fused-ring (bicyclic) bond motifs is 7. The molecule has 42 heavy (non-hydrogen) atoms. The van der Waals surface area contributed by atoms with Crippen molar-refractivity contribution in [3.05, 3.63) is 47.8 Å². The van der Waals surface area contributed by atoms with Crippen LogP contribution < -0.4 is 20.3 Å². The summed E-state index contributed by atoms with van der Waals surface area (Å²) in [5.74, 6) is 2.14. The van der Waals surface area contributed by atoms with Gasteiger partial charge in [0.1, 0.15) is 0 Å². The van der Waals surface area contributed by atoms with E-state index in [9.17, 15) is 4.79 Å². The summed E-state index contributed by atoms with van der Waals surface area (Å²) in [6.07, 6.45) is 8.54. The van der Waals surface area contributed by atoms with E-state index in [0.717, 1.165) is 60.5 Å². The van der Waals surface area contributed by atoms with E-state index in [1.165, 1.54) is 12.8 Å². The van der Waals surface area contributed by atoms with Crippen LogP contribution in [0, 0.1) is 18.8 Å². The smallest absolute Gasteiger partial charge is 0.280 e. The molecular weight excluding hydrogens is 528 g/mol. The molecule has 2 aliphatic heterocycles. The first-order valence-electron chi connectivity index (χ1n) is 15.2. The Kier molecular flexibility index (Phi) is 6.88. The Morgan fingerprint density at radius 2 is 1.93 bits per heavy atom. The van der Waals surface area contributed by atoms with Crippen LogP contribution in [-0.2, 0) is 7.05 Å². The van der Waals surface area contributed by atoms with E-state index in [4.69, 9.17) is 9.72 Å². The predicted molar refractivity (Wildman–Crippen MR) is 165 cm³/mol. The Labute approximate surface area is 247 Å². The van der Waals surface area contributed by atoms with Gasteiger partial charge in [0.25, 0.3) is 5.91 Å². The van der Waals surface area contributed by atoms with Crippen molar-refractivity contribution in [1.82, 2.24) is 19.7 Å². The summed E-state index contributed by atoms with van der Waals surface area (Å²) in [6.45, 7) is 3.31. The Bertz CT molecular complexity index is 1540. The molecule has 1 amide bonds. The van der Waals surface area contributed by atoms with Gasteiger partial charge >= 0.3 is 0 Å². The predicted octanol–water partition coefficient (Wildman–Crippen LogP) is 4.92. The van der Waals surface area contributed by atoms with E-state index in [-0.39, 0.29) is 5.91 Å². The largest absolute Gasteiger partial charge is 0.477 e. The van der Waals surface area contributed by atoms with Crippen molar-refractivity contribution < 1.29 is 9.53 Å². The fourth-order valence-electron chi connectivity index (χ4n) is 6.55. The number of benzene rings is 1. The fraction of sp³-hybridized carbons (Fsp3) is 0.500. The second-order valence-corrected chi connectivity index (χ2v) is 12.6. The first-order chi connectivity index (χ1) is 20.3. The van der Waals surface area contributed by atoms with Gasteiger partial charge in [0, 0.05) is 42.6 Å². The van der Waals surface area contributed by atoms with E-state index < -0.39 is 0 Å². The summed E-state index contributed by atoms with van der Waals surface area (Å²) in [5, 5.41) is 11.6. The van der Waals surface area contributed by atoms with Crippen LogP contribution in [-0.4, -0.2) is 70.9 Å². The number of nitrogens with one attached hydrogen (secondary N) is 2. The minimum absolute atomic E-state index is 0.297. The second kappa shape index (κ2) is 10.7. The number of rotatable bonds is 4. The van der Waals surface area contributed by atoms with Crippen LogP contribution in [0.25, 0.3) is 11.3 Å². The molecule has 2 fully saturated rings. The van der Waals surface area contributed by atoms with Crippen LogP contribution in [0.4, 0.5) is 17.1 Å². The van der Waals surface area contributed by atoms with Crippen molar-refractivity contribution >= 4 is 28.9 Å². The van der Waals surface area contributed by atoms with Crippen LogP contribution in [0.1, 0.15) is 54.6 Å². The molecule has 3 aromatic rings. The maximum Gasteiger partial charge on any atom is 0.280 e. The molecule has 10 nitrogen and oxygen atoms in total. The molecule has 2 aromatic heterocycles. The summed E-state index contributed by atoms with van der Waals surface area (Å²) >= 11 is 0. The molecule has 2 N–H and O–H groups in total. The highest BCUT2D eigenvalue weighted by Crippen LogP contribution is 2.43. The molecule has 0 spiro atoms. The zero-order valence-corrected chi connectivity index (χ0v) is 24.9. The Hall–Kier alpha value is -3.92. The molecular formula is C32H40N8O2. The number of aromatic nitrogens is 3. The Morgan fingerprint density at radius 3 is 2.71 bits per heavy atom. The normalized spacial score (nSPS) is 25.1. The number of nitrogens with zero attached hydrogens (tertiary/aromatic N) is 6. The number of hydrogen-bond donors (Lipinski definition) is 2. The highest BCUT2D eigenvalue weighted by molar-refractivity contribution is 6.19. The van der Waals surface area contributed by atoms with Crippen LogP contribution in [0.3, 0.4) is 0 Å². The average molecular weight is 569 g/mol. The van der Waals surface area contributed by atoms with Gasteiger partial charge in [-0.1, -0.05) is 0 Å². The van der Waals surface area contributed by atoms with Crippen LogP contribution in [0.15, 0.2) is 41.5 Å². The monoisotopic (exact) mass is 568 g/mol. The highest BCUT2D eigenvalue weighted by Gasteiger charge is 2.37. The number of carbonyl (C=O) groups is 1. The lowest BCUT2D eigenvalue weighted by Gasteiger charge is -2.40. The van der Waals surface area contributed by atoms with Gasteiger partial charge in [-0.05, 0) is 102 Å². The van der Waals surface area contributed by atoms with Crippen molar-refractivity contribution in [1.29, 1.82) is 0 Å². The number of ether oxygens (including phenoxy) is 1. The Morgan fingerprint density at radius 1 is 1.10 bits per heavy atom. The third kappa shape index (κ3) is 5.24. The SMILES string of the molecule is Cc1cc2cc(n1)-c1cnn(C)c1OCCC[C@@H](C1CC1)CN1/C(=N/C2=O)Nc2ccc(N[C@H]3C[C@@H](N(C)C)C3)cc21. The molecule has 10 heteroatoms. The zero-order valence-electron chi connectivity index (χ0n) is 24.9. The lowest BCUT2D eigenvalue weighted by Crippen LogP contribution is -2.46. The van der Waals surface area contributed by atoms with Crippen molar-refractivity contribution in [2.45, 2.75) is 57.5 Å². The quantitative estimate of drug-likeness (QED) is 0.458. The summed E-state index contributed by atoms with van der Waals surface area (Å²) < 4.78 is 8.03. The first kappa shape index (κ1) is 26.9. The molecule has 4 aliphatic rings. The van der Waals surface area contributed by atoms with Gasteiger partial charge in [0.05, 0.1) is 35.4 Å². The fourth-order valence-corrected chi connectivity index (χ4v) is 6.55. The van der Waals surface area contributed by atoms with E-state index in [1.54, 1.807) is 23.0 Å². The number of carbonyl (C=O) groups excluding carboxylic acids is 1. The number of anilines is 3. The summed E-state index contributed by atoms with van der Waals surface area (Å²) in [4.78, 5) is 27.6. The van der Waals surface area contributed by atoms with Crippen molar-refractivity contribution in [2.24, 2.45) is 23.9 Å². The molecule has 1 atom stereocenters. The number of aryl methyl sites for hydroxylation is 2. The van der Waals surface area contributed by atoms with E-state index in [2.05, 4.69) is 62.8 Å². The lowest BCUT2D eigenvalue weighted by atomic mass is 9.86. The van der Waals surface area contributed by atoms with Gasteiger partial charge < -0.3 is 25.2 Å². The average Bonchev–Trinajstić information content (AvgIpc) is 3.64. The maximum atomic E-state index is 13.7. The van der Waals surface area contributed by atoms with Crippen LogP contribution in [0.2, 0.25) is 0 Å². The topological polar surface area (TPSA) is 99.9 Å². The summed E-state index contributed by atoms with van der Waals surface area (Å²) in [6, 6.07) is 11.2. The minimum atomic E-state index is -0.297. The van der Waals surface area contributed by atoms with E-state index in [1.807, 2.05) is 14.0 Å². The third-order valence-electron chi connectivity index (χ3n) is 9.24. The lowest BCUT2D eigenvalue weighted by molar-refractivity contribution is 0.100. The van der Waals surface area contributed by atoms with Gasteiger partial charge in [0.2, 0.25) is 11.8 Å². The van der Waals surface area contributed by atoms with E-state index >= 15 is 0 Å². The van der Waals surface area contributed by atoms with Gasteiger partial charge in [-0.25, -0.2) is 4.68 Å². The third-order valence-corrected chi connectivity index (χ3v) is 9.24. The highest BCUT2D eigenvalue weighted by atomic mass is 16.5. The molecule has 2 saturated carbocycles. The molecule has 1 aromatic carbocycles. The second-order valence-electron chi connectivity index (χ2n) is 12.6. The molecule has 2 bridgehead atoms. The standard InChI is InChI=1S/C32H40N8O2/c1-19-12-22-13-28(34-19)26-17-33-39(4)31(26)42-11-5-6-21(20-7-8-20)18-40-29-16-23(35-24-14-25(15-24)38(2)3)9-10-27(29)36-32(40)37-30(22)41/h9-10,12-13,16-17,20-21,24-25,35H,5-8,11,14-15,18H2,1-4H3,(H,36,37,41)/t21-,24-,25+/m1/s1. The molecule has 7 rings (SSSR count). The minimum Gasteiger partial charge on any atom is -0.477 e. The molecule has 0 radical (unpaired) electrons. The van der Waals surface area contributed by atoms with Crippen molar-refractivity contribution in [3.63, 3.8) is 0 Å². The first-order valence-corrected chi connectivity index (χ1v) is 15.2. The van der Waals surface area contributed by atoms with Crippen LogP contribution in [0.5, 0.6) is 5.88 Å². The summed E-state index contributed by atoms with van der Waals surface area (Å²) in [5.41, 5.74) is 5.85. The Balaban J connectivity index is 1.23. The summed E-state index contributed by atoms with van der Waals surface area (Å²) in [7, 11) is 6.18. The zero-order chi connectivity index (χ0) is 29.0. The number of guanidine groups is 1. The van der Waals surface area contributed by atoms with Gasteiger partial charge in [-0.15, -0.1) is 0 Å². The van der Waals surface area contributed by atoms with Gasteiger partial charge in [-0.3, -0.25) is 9.78 Å². The molecule has 0 unspecified atom stereocenters. The maximum absolute atomic E-state index is 13.7. The van der Waals surface area contributed by atoms with Crippen molar-refractivity contribution in [3.8, 4) is 17.1 Å². The number of aliphatic imine (C=N–C) groups is 1. The number of amides is 1.